The van der Waals surface area contributed by atoms with Crippen molar-refractivity contribution in [1.29, 1.82) is 0 Å². The Morgan fingerprint density at radius 2 is 1.86 bits per heavy atom. The number of aromatic nitrogens is 1. The molecule has 112 valence electrons. The summed E-state index contributed by atoms with van der Waals surface area (Å²) >= 11 is 0. The van der Waals surface area contributed by atoms with Gasteiger partial charge in [-0.05, 0) is 28.3 Å². The van der Waals surface area contributed by atoms with Crippen molar-refractivity contribution in [3.63, 3.8) is 0 Å². The van der Waals surface area contributed by atoms with Crippen molar-refractivity contribution in [2.75, 3.05) is 0 Å². The minimum atomic E-state index is -0.106. The number of benzene rings is 1. The van der Waals surface area contributed by atoms with Crippen LogP contribution in [0.3, 0.4) is 0 Å². The summed E-state index contributed by atoms with van der Waals surface area (Å²) in [5.41, 5.74) is 2.27. The van der Waals surface area contributed by atoms with Crippen molar-refractivity contribution in [2.45, 2.75) is 13.3 Å². The van der Waals surface area contributed by atoms with Crippen LogP contribution >= 0.6 is 0 Å². The molecule has 0 saturated carbocycles. The fraction of sp³-hybridized carbons (Fsp3) is 0.118. The topological polar surface area (TPSA) is 45.3 Å². The second kappa shape index (κ2) is 7.13. The fourth-order valence-electron chi connectivity index (χ4n) is 2.32. The van der Waals surface area contributed by atoms with Gasteiger partial charge in [-0.3, -0.25) is 10.1 Å². The lowest BCUT2D eigenvalue weighted by Gasteiger charge is -2.03. The van der Waals surface area contributed by atoms with E-state index < -0.39 is 0 Å². The fourth-order valence-corrected chi connectivity index (χ4v) is 2.32. The van der Waals surface area contributed by atoms with Crippen molar-refractivity contribution in [3.05, 3.63) is 66.0 Å². The quantitative estimate of drug-likeness (QED) is 0.655. The Bertz CT molecular complexity index is 739. The predicted octanol–water partition coefficient (Wildman–Crippen LogP) is -0.976. The average Bonchev–Trinajstić information content (AvgIpc) is 2.66. The van der Waals surface area contributed by atoms with E-state index in [1.807, 2.05) is 53.4 Å². The number of carbonyl (C=O) groups excluding carboxylic acids is 1. The molecule has 2 aromatic rings. The smallest absolute Gasteiger partial charge is 0.330 e. The molecule has 0 radical (unpaired) electrons. The van der Waals surface area contributed by atoms with E-state index in [4.69, 9.17) is 0 Å². The molecule has 0 saturated heterocycles. The van der Waals surface area contributed by atoms with E-state index >= 15 is 0 Å². The number of pyridine rings is 1. The van der Waals surface area contributed by atoms with E-state index in [2.05, 4.69) is 22.4 Å². The Morgan fingerprint density at radius 3 is 2.59 bits per heavy atom. The van der Waals surface area contributed by atoms with Crippen LogP contribution in [0.5, 0.6) is 0 Å². The molecule has 0 fully saturated rings. The standard InChI is InChI=1S/C17H15N3O.BrH/c1-13(21)18-16-11-14-7-3-4-8-15(14)12-17(19-16)20-9-5-2-6-10-20;/h2-10,12H,11H2,1H3;1H. The molecule has 1 N–H and O–H groups in total. The zero-order valence-corrected chi connectivity index (χ0v) is 13.7. The van der Waals surface area contributed by atoms with Gasteiger partial charge < -0.3 is 17.0 Å². The van der Waals surface area contributed by atoms with E-state index in [-0.39, 0.29) is 22.9 Å². The minimum absolute atomic E-state index is 0. The third-order valence-corrected chi connectivity index (χ3v) is 3.25. The summed E-state index contributed by atoms with van der Waals surface area (Å²) in [6, 6.07) is 14.0. The highest BCUT2D eigenvalue weighted by Gasteiger charge is 2.20. The van der Waals surface area contributed by atoms with Gasteiger partial charge in [0, 0.05) is 13.0 Å². The first-order chi connectivity index (χ1) is 10.2. The number of rotatable bonds is 1. The summed E-state index contributed by atoms with van der Waals surface area (Å²) in [6.07, 6.45) is 6.52. The maximum atomic E-state index is 11.4. The Balaban J connectivity index is 0.00000176. The third kappa shape index (κ3) is 3.68. The summed E-state index contributed by atoms with van der Waals surface area (Å²) in [4.78, 5) is 16.0. The van der Waals surface area contributed by atoms with Gasteiger partial charge in [0.2, 0.25) is 11.7 Å². The minimum Gasteiger partial charge on any atom is -1.00 e. The molecule has 0 aliphatic carbocycles. The van der Waals surface area contributed by atoms with Gasteiger partial charge >= 0.3 is 5.82 Å². The summed E-state index contributed by atoms with van der Waals surface area (Å²) in [6.45, 7) is 1.50. The number of aliphatic imine (C=N–C) groups is 1. The van der Waals surface area contributed by atoms with E-state index in [1.54, 1.807) is 0 Å². The van der Waals surface area contributed by atoms with Crippen LogP contribution in [0.15, 0.2) is 59.9 Å². The lowest BCUT2D eigenvalue weighted by Crippen LogP contribution is -3.00. The number of nitrogens with one attached hydrogen (secondary N) is 1. The number of nitrogens with zero attached hydrogens (tertiary/aromatic N) is 2. The first-order valence-corrected chi connectivity index (χ1v) is 6.84. The Morgan fingerprint density at radius 1 is 1.14 bits per heavy atom. The Kier molecular flexibility index (Phi) is 5.22. The lowest BCUT2D eigenvalue weighted by molar-refractivity contribution is -0.581. The molecular weight excluding hydrogens is 342 g/mol. The normalized spacial score (nSPS) is 13.0. The van der Waals surface area contributed by atoms with E-state index in [9.17, 15) is 4.79 Å². The number of halogens is 1. The highest BCUT2D eigenvalue weighted by molar-refractivity contribution is 6.01. The largest absolute Gasteiger partial charge is 1.00 e. The average molecular weight is 358 g/mol. The lowest BCUT2D eigenvalue weighted by atomic mass is 10.0. The highest BCUT2D eigenvalue weighted by Crippen LogP contribution is 2.18. The molecule has 0 bridgehead atoms. The van der Waals surface area contributed by atoms with Crippen LogP contribution in [0.1, 0.15) is 18.1 Å². The molecule has 1 amide bonds. The van der Waals surface area contributed by atoms with Crippen LogP contribution < -0.4 is 26.9 Å². The summed E-state index contributed by atoms with van der Waals surface area (Å²) in [5, 5.41) is 2.82. The van der Waals surface area contributed by atoms with Gasteiger partial charge in [-0.15, -0.1) is 0 Å². The number of amidine groups is 1. The number of amides is 1. The SMILES string of the molecule is CC(=O)NC1=NC([n+]2ccccc2)=Cc2ccccc2C1.[Br-]. The number of carbonyl (C=O) groups is 1. The zero-order chi connectivity index (χ0) is 14.7. The van der Waals surface area contributed by atoms with Gasteiger partial charge in [-0.2, -0.15) is 0 Å². The van der Waals surface area contributed by atoms with Gasteiger partial charge in [-0.25, -0.2) is 4.57 Å². The first kappa shape index (κ1) is 16.1. The summed E-state index contributed by atoms with van der Waals surface area (Å²) < 4.78 is 1.93. The number of fused-ring (bicyclic) bond motifs is 1. The van der Waals surface area contributed by atoms with Crippen molar-refractivity contribution < 1.29 is 26.3 Å². The Hall–Kier alpha value is -2.27. The predicted molar refractivity (Wildman–Crippen MR) is 82.2 cm³/mol. The van der Waals surface area contributed by atoms with E-state index in [0.717, 1.165) is 16.9 Å². The van der Waals surface area contributed by atoms with Crippen molar-refractivity contribution in [2.24, 2.45) is 4.99 Å². The van der Waals surface area contributed by atoms with Crippen LogP contribution in [0.25, 0.3) is 11.9 Å². The third-order valence-electron chi connectivity index (χ3n) is 3.25. The molecular formula is C17H16BrN3O. The molecule has 0 unspecified atom stereocenters. The maximum absolute atomic E-state index is 11.4. The molecule has 2 heterocycles. The van der Waals surface area contributed by atoms with Crippen molar-refractivity contribution in [1.82, 2.24) is 5.32 Å². The molecule has 0 atom stereocenters. The second-order valence-electron chi connectivity index (χ2n) is 4.90. The monoisotopic (exact) mass is 357 g/mol. The van der Waals surface area contributed by atoms with Crippen LogP contribution in [0.4, 0.5) is 0 Å². The number of hydrogen-bond acceptors (Lipinski definition) is 2. The Labute approximate surface area is 140 Å². The van der Waals surface area contributed by atoms with Crippen LogP contribution in [0.2, 0.25) is 0 Å². The second-order valence-corrected chi connectivity index (χ2v) is 4.90. The molecule has 5 heteroatoms. The van der Waals surface area contributed by atoms with Crippen LogP contribution in [-0.2, 0) is 11.2 Å². The van der Waals surface area contributed by atoms with Gasteiger partial charge in [-0.1, -0.05) is 30.3 Å². The van der Waals surface area contributed by atoms with E-state index in [1.165, 1.54) is 6.92 Å². The maximum Gasteiger partial charge on any atom is 0.330 e. The first-order valence-electron chi connectivity index (χ1n) is 6.84. The van der Waals surface area contributed by atoms with Gasteiger partial charge in [0.25, 0.3) is 0 Å². The van der Waals surface area contributed by atoms with Gasteiger partial charge in [0.1, 0.15) is 0 Å². The van der Waals surface area contributed by atoms with Crippen LogP contribution in [0, 0.1) is 0 Å². The van der Waals surface area contributed by atoms with E-state index in [0.29, 0.717) is 12.3 Å². The van der Waals surface area contributed by atoms with Gasteiger partial charge in [0.15, 0.2) is 0 Å². The van der Waals surface area contributed by atoms with Crippen LogP contribution in [-0.4, -0.2) is 11.7 Å². The molecule has 1 aromatic carbocycles. The summed E-state index contributed by atoms with van der Waals surface area (Å²) in [7, 11) is 0. The molecule has 22 heavy (non-hydrogen) atoms. The molecule has 1 aromatic heterocycles. The summed E-state index contributed by atoms with van der Waals surface area (Å²) in [5.74, 6) is 1.34. The van der Waals surface area contributed by atoms with Crippen molar-refractivity contribution >= 4 is 23.6 Å². The molecule has 1 aliphatic heterocycles. The zero-order valence-electron chi connectivity index (χ0n) is 12.2. The molecule has 3 rings (SSSR count). The van der Waals surface area contributed by atoms with Crippen molar-refractivity contribution in [3.8, 4) is 0 Å². The molecule has 0 spiro atoms. The van der Waals surface area contributed by atoms with Gasteiger partial charge in [0.05, 0.1) is 18.8 Å². The highest BCUT2D eigenvalue weighted by atomic mass is 79.9. The molecule has 4 nitrogen and oxygen atoms in total. The molecule has 1 aliphatic rings. The number of hydrogen-bond donors (Lipinski definition) is 1.